The van der Waals surface area contributed by atoms with Gasteiger partial charge in [-0.25, -0.2) is 0 Å². The summed E-state index contributed by atoms with van der Waals surface area (Å²) in [4.78, 5) is 19.5. The van der Waals surface area contributed by atoms with Crippen LogP contribution in [0.3, 0.4) is 0 Å². The van der Waals surface area contributed by atoms with E-state index < -0.39 is 0 Å². The summed E-state index contributed by atoms with van der Waals surface area (Å²) in [7, 11) is 3.12. The smallest absolute Gasteiger partial charge is 0.254 e. The Morgan fingerprint density at radius 3 is 2.45 bits per heavy atom. The number of ether oxygens (including phenoxy) is 2. The number of aryl methyl sites for hydroxylation is 1. The van der Waals surface area contributed by atoms with Crippen molar-refractivity contribution in [2.75, 3.05) is 20.8 Å². The van der Waals surface area contributed by atoms with Crippen molar-refractivity contribution in [2.45, 2.75) is 25.8 Å². The van der Waals surface area contributed by atoms with Crippen LogP contribution in [0.5, 0.6) is 11.5 Å². The van der Waals surface area contributed by atoms with Crippen LogP contribution in [-0.4, -0.2) is 41.7 Å². The number of benzene rings is 2. The highest BCUT2D eigenvalue weighted by Crippen LogP contribution is 2.34. The van der Waals surface area contributed by atoms with E-state index in [2.05, 4.69) is 10.1 Å². The molecule has 3 aromatic rings. The van der Waals surface area contributed by atoms with Gasteiger partial charge < -0.3 is 18.9 Å². The van der Waals surface area contributed by atoms with Crippen LogP contribution in [-0.2, 0) is 0 Å². The van der Waals surface area contributed by atoms with Gasteiger partial charge in [-0.2, -0.15) is 4.98 Å². The van der Waals surface area contributed by atoms with Crippen LogP contribution < -0.4 is 9.47 Å². The van der Waals surface area contributed by atoms with E-state index >= 15 is 0 Å². The van der Waals surface area contributed by atoms with Gasteiger partial charge >= 0.3 is 0 Å². The number of hydrogen-bond donors (Lipinski definition) is 0. The lowest BCUT2D eigenvalue weighted by Crippen LogP contribution is -2.30. The zero-order valence-corrected chi connectivity index (χ0v) is 16.7. The summed E-state index contributed by atoms with van der Waals surface area (Å²) in [5.74, 6) is 2.02. The molecule has 2 aromatic carbocycles. The lowest BCUT2D eigenvalue weighted by Gasteiger charge is -2.22. The molecule has 7 nitrogen and oxygen atoms in total. The summed E-state index contributed by atoms with van der Waals surface area (Å²) in [5, 5.41) is 4.12. The molecule has 1 aliphatic heterocycles. The summed E-state index contributed by atoms with van der Waals surface area (Å²) in [6.07, 6.45) is 1.65. The SMILES string of the molecule is COc1cc(OC)cc(C(=O)N2CCC[C@H]2c2nc(-c3ccc(C)cc3)no2)c1. The van der Waals surface area contributed by atoms with Gasteiger partial charge in [-0.3, -0.25) is 4.79 Å². The molecule has 0 saturated carbocycles. The van der Waals surface area contributed by atoms with E-state index in [1.165, 1.54) is 5.56 Å². The Morgan fingerprint density at radius 1 is 1.10 bits per heavy atom. The van der Waals surface area contributed by atoms with Crippen molar-refractivity contribution in [1.82, 2.24) is 15.0 Å². The average Bonchev–Trinajstić information content (AvgIpc) is 3.42. The predicted molar refractivity (Wildman–Crippen MR) is 107 cm³/mol. The molecule has 1 fully saturated rings. The minimum atomic E-state index is -0.244. The normalized spacial score (nSPS) is 16.1. The number of carbonyl (C=O) groups is 1. The van der Waals surface area contributed by atoms with Crippen molar-refractivity contribution >= 4 is 5.91 Å². The molecule has 2 heterocycles. The van der Waals surface area contributed by atoms with Crippen LogP contribution in [0.2, 0.25) is 0 Å². The van der Waals surface area contributed by atoms with E-state index in [1.807, 2.05) is 31.2 Å². The van der Waals surface area contributed by atoms with Gasteiger partial charge in [0.25, 0.3) is 5.91 Å². The van der Waals surface area contributed by atoms with Gasteiger partial charge in [0.15, 0.2) is 0 Å². The van der Waals surface area contributed by atoms with E-state index in [0.29, 0.717) is 35.3 Å². The Hall–Kier alpha value is -3.35. The number of hydrogen-bond acceptors (Lipinski definition) is 6. The topological polar surface area (TPSA) is 77.7 Å². The summed E-state index contributed by atoms with van der Waals surface area (Å²) in [5.41, 5.74) is 2.56. The molecule has 0 spiro atoms. The third kappa shape index (κ3) is 3.81. The molecular formula is C22H23N3O4. The first-order valence-corrected chi connectivity index (χ1v) is 9.53. The van der Waals surface area contributed by atoms with E-state index in [9.17, 15) is 4.79 Å². The highest BCUT2D eigenvalue weighted by molar-refractivity contribution is 5.95. The number of amides is 1. The third-order valence-electron chi connectivity index (χ3n) is 5.15. The standard InChI is InChI=1S/C22H23N3O4/c1-14-6-8-15(9-7-14)20-23-21(29-24-20)19-5-4-10-25(19)22(26)16-11-17(27-2)13-18(12-16)28-3/h6-9,11-13,19H,4-5,10H2,1-3H3/t19-/m0/s1. The predicted octanol–water partition coefficient (Wildman–Crippen LogP) is 4.04. The maximum absolute atomic E-state index is 13.2. The van der Waals surface area contributed by atoms with Crippen molar-refractivity contribution in [3.05, 3.63) is 59.5 Å². The summed E-state index contributed by atoms with van der Waals surface area (Å²) in [6.45, 7) is 2.66. The third-order valence-corrected chi connectivity index (χ3v) is 5.15. The largest absolute Gasteiger partial charge is 0.497 e. The Morgan fingerprint density at radius 2 is 1.79 bits per heavy atom. The number of methoxy groups -OCH3 is 2. The van der Waals surface area contributed by atoms with Gasteiger partial charge in [0.05, 0.1) is 14.2 Å². The molecule has 0 radical (unpaired) electrons. The van der Waals surface area contributed by atoms with Crippen LogP contribution in [0.15, 0.2) is 47.0 Å². The molecule has 1 aliphatic rings. The van der Waals surface area contributed by atoms with Crippen LogP contribution in [0.25, 0.3) is 11.4 Å². The maximum atomic E-state index is 13.2. The number of rotatable bonds is 5. The molecule has 7 heteroatoms. The van der Waals surface area contributed by atoms with Gasteiger partial charge in [-0.05, 0) is 31.9 Å². The fraction of sp³-hybridized carbons (Fsp3) is 0.318. The molecular weight excluding hydrogens is 370 g/mol. The van der Waals surface area contributed by atoms with Gasteiger partial charge in [0.1, 0.15) is 17.5 Å². The quantitative estimate of drug-likeness (QED) is 0.651. The number of aromatic nitrogens is 2. The summed E-state index contributed by atoms with van der Waals surface area (Å²) < 4.78 is 16.1. The molecule has 0 unspecified atom stereocenters. The first-order valence-electron chi connectivity index (χ1n) is 9.53. The van der Waals surface area contributed by atoms with Crippen LogP contribution in [0.4, 0.5) is 0 Å². The van der Waals surface area contributed by atoms with Crippen molar-refractivity contribution in [2.24, 2.45) is 0 Å². The molecule has 0 bridgehead atoms. The zero-order valence-electron chi connectivity index (χ0n) is 16.7. The van der Waals surface area contributed by atoms with Gasteiger partial charge in [-0.1, -0.05) is 35.0 Å². The molecule has 0 N–H and O–H groups in total. The minimum Gasteiger partial charge on any atom is -0.497 e. The number of nitrogens with zero attached hydrogens (tertiary/aromatic N) is 3. The maximum Gasteiger partial charge on any atom is 0.254 e. The van der Waals surface area contributed by atoms with Crippen molar-refractivity contribution in [3.8, 4) is 22.9 Å². The molecule has 0 aliphatic carbocycles. The second-order valence-electron chi connectivity index (χ2n) is 7.08. The van der Waals surface area contributed by atoms with Gasteiger partial charge in [0.2, 0.25) is 11.7 Å². The van der Waals surface area contributed by atoms with E-state index in [4.69, 9.17) is 14.0 Å². The van der Waals surface area contributed by atoms with Crippen molar-refractivity contribution in [1.29, 1.82) is 0 Å². The molecule has 150 valence electrons. The summed E-state index contributed by atoms with van der Waals surface area (Å²) in [6, 6.07) is 12.9. The monoisotopic (exact) mass is 393 g/mol. The Kier molecular flexibility index (Phi) is 5.20. The first kappa shape index (κ1) is 19.0. The Labute approximate surface area is 169 Å². The van der Waals surface area contributed by atoms with Crippen molar-refractivity contribution in [3.63, 3.8) is 0 Å². The van der Waals surface area contributed by atoms with Crippen LogP contribution in [0.1, 0.15) is 40.7 Å². The Balaban J connectivity index is 1.60. The minimum absolute atomic E-state index is 0.111. The lowest BCUT2D eigenvalue weighted by molar-refractivity contribution is 0.0709. The highest BCUT2D eigenvalue weighted by atomic mass is 16.5. The molecule has 1 aromatic heterocycles. The van der Waals surface area contributed by atoms with E-state index in [1.54, 1.807) is 37.3 Å². The second-order valence-corrected chi connectivity index (χ2v) is 7.08. The second kappa shape index (κ2) is 7.95. The molecule has 1 atom stereocenters. The number of carbonyl (C=O) groups excluding carboxylic acids is 1. The molecule has 1 amide bonds. The van der Waals surface area contributed by atoms with Crippen LogP contribution in [0, 0.1) is 6.92 Å². The van der Waals surface area contributed by atoms with Crippen molar-refractivity contribution < 1.29 is 18.8 Å². The average molecular weight is 393 g/mol. The highest BCUT2D eigenvalue weighted by Gasteiger charge is 2.35. The van der Waals surface area contributed by atoms with E-state index in [0.717, 1.165) is 18.4 Å². The zero-order chi connectivity index (χ0) is 20.4. The fourth-order valence-electron chi connectivity index (χ4n) is 3.55. The molecule has 29 heavy (non-hydrogen) atoms. The van der Waals surface area contributed by atoms with Crippen LogP contribution >= 0.6 is 0 Å². The van der Waals surface area contributed by atoms with E-state index in [-0.39, 0.29) is 11.9 Å². The fourth-order valence-corrected chi connectivity index (χ4v) is 3.55. The van der Waals surface area contributed by atoms with Gasteiger partial charge in [-0.15, -0.1) is 0 Å². The summed E-state index contributed by atoms with van der Waals surface area (Å²) >= 11 is 0. The Bertz CT molecular complexity index is 991. The molecule has 4 rings (SSSR count). The first-order chi connectivity index (χ1) is 14.1. The number of likely N-dealkylation sites (tertiary alicyclic amines) is 1. The van der Waals surface area contributed by atoms with Gasteiger partial charge in [0, 0.05) is 23.7 Å². The molecule has 1 saturated heterocycles. The lowest BCUT2D eigenvalue weighted by atomic mass is 10.1.